The molecule has 1 aliphatic rings. The maximum Gasteiger partial charge on any atom is 0.0790 e. The predicted octanol–water partition coefficient (Wildman–Crippen LogP) is 4.57. The molecule has 0 aromatic heterocycles. The van der Waals surface area contributed by atoms with Gasteiger partial charge in [-0.3, -0.25) is 0 Å². The molecule has 1 aromatic carbocycles. The molecule has 1 nitrogen and oxygen atoms in total. The van der Waals surface area contributed by atoms with Crippen molar-refractivity contribution in [3.05, 3.63) is 34.9 Å². The van der Waals surface area contributed by atoms with Crippen LogP contribution in [0.15, 0.2) is 18.2 Å². The number of fused-ring (bicyclic) bond motifs is 1. The zero-order chi connectivity index (χ0) is 12.8. The minimum absolute atomic E-state index is 0.252. The number of rotatable bonds is 7. The SMILES string of the molecule is CCCCCCCC(O)c1ccc2c(c1)CCC2. The van der Waals surface area contributed by atoms with Crippen LogP contribution < -0.4 is 0 Å². The van der Waals surface area contributed by atoms with Crippen molar-refractivity contribution in [2.45, 2.75) is 70.8 Å². The van der Waals surface area contributed by atoms with Crippen molar-refractivity contribution in [1.82, 2.24) is 0 Å². The maximum atomic E-state index is 10.2. The summed E-state index contributed by atoms with van der Waals surface area (Å²) in [5, 5.41) is 10.2. The molecular formula is C17H26O. The fraction of sp³-hybridized carbons (Fsp3) is 0.647. The summed E-state index contributed by atoms with van der Waals surface area (Å²) in [7, 11) is 0. The Bertz CT molecular complexity index is 370. The zero-order valence-electron chi connectivity index (χ0n) is 11.6. The van der Waals surface area contributed by atoms with Crippen LogP contribution in [0.1, 0.15) is 74.7 Å². The van der Waals surface area contributed by atoms with E-state index in [1.165, 1.54) is 56.1 Å². The van der Waals surface area contributed by atoms with Gasteiger partial charge in [0.25, 0.3) is 0 Å². The Labute approximate surface area is 111 Å². The van der Waals surface area contributed by atoms with Crippen LogP contribution in [0.25, 0.3) is 0 Å². The number of hydrogen-bond acceptors (Lipinski definition) is 1. The monoisotopic (exact) mass is 246 g/mol. The van der Waals surface area contributed by atoms with Gasteiger partial charge in [0.2, 0.25) is 0 Å². The smallest absolute Gasteiger partial charge is 0.0790 e. The van der Waals surface area contributed by atoms with Crippen molar-refractivity contribution >= 4 is 0 Å². The molecule has 0 saturated carbocycles. The summed E-state index contributed by atoms with van der Waals surface area (Å²) >= 11 is 0. The van der Waals surface area contributed by atoms with E-state index in [0.29, 0.717) is 0 Å². The maximum absolute atomic E-state index is 10.2. The van der Waals surface area contributed by atoms with Gasteiger partial charge in [-0.2, -0.15) is 0 Å². The van der Waals surface area contributed by atoms with E-state index in [1.807, 2.05) is 0 Å². The van der Waals surface area contributed by atoms with Gasteiger partial charge in [0, 0.05) is 0 Å². The highest BCUT2D eigenvalue weighted by Crippen LogP contribution is 2.27. The fourth-order valence-corrected chi connectivity index (χ4v) is 2.91. The highest BCUT2D eigenvalue weighted by atomic mass is 16.3. The average molecular weight is 246 g/mol. The van der Waals surface area contributed by atoms with E-state index in [-0.39, 0.29) is 6.10 Å². The minimum atomic E-state index is -0.252. The lowest BCUT2D eigenvalue weighted by Gasteiger charge is -2.12. The van der Waals surface area contributed by atoms with E-state index in [1.54, 1.807) is 0 Å². The van der Waals surface area contributed by atoms with Crippen molar-refractivity contribution in [2.75, 3.05) is 0 Å². The van der Waals surface area contributed by atoms with E-state index < -0.39 is 0 Å². The van der Waals surface area contributed by atoms with Crippen LogP contribution in [-0.4, -0.2) is 5.11 Å². The summed E-state index contributed by atoms with van der Waals surface area (Å²) in [6.07, 6.45) is 10.7. The van der Waals surface area contributed by atoms with Gasteiger partial charge in [-0.25, -0.2) is 0 Å². The Morgan fingerprint density at radius 1 is 1.06 bits per heavy atom. The molecule has 1 atom stereocenters. The Morgan fingerprint density at radius 3 is 2.67 bits per heavy atom. The molecule has 2 rings (SSSR count). The van der Waals surface area contributed by atoms with Crippen LogP contribution in [0, 0.1) is 0 Å². The first-order valence-electron chi connectivity index (χ1n) is 7.61. The number of hydrogen-bond donors (Lipinski definition) is 1. The molecule has 0 fully saturated rings. The summed E-state index contributed by atoms with van der Waals surface area (Å²) in [4.78, 5) is 0. The second-order valence-electron chi connectivity index (χ2n) is 5.60. The van der Waals surface area contributed by atoms with Gasteiger partial charge in [-0.1, -0.05) is 57.2 Å². The summed E-state index contributed by atoms with van der Waals surface area (Å²) in [5.74, 6) is 0. The zero-order valence-corrected chi connectivity index (χ0v) is 11.6. The topological polar surface area (TPSA) is 20.2 Å². The lowest BCUT2D eigenvalue weighted by atomic mass is 9.99. The van der Waals surface area contributed by atoms with E-state index in [9.17, 15) is 5.11 Å². The molecule has 1 unspecified atom stereocenters. The van der Waals surface area contributed by atoms with Gasteiger partial charge in [0.05, 0.1) is 6.10 Å². The molecule has 0 spiro atoms. The van der Waals surface area contributed by atoms with E-state index in [4.69, 9.17) is 0 Å². The van der Waals surface area contributed by atoms with Gasteiger partial charge < -0.3 is 5.11 Å². The van der Waals surface area contributed by atoms with Gasteiger partial charge in [-0.15, -0.1) is 0 Å². The van der Waals surface area contributed by atoms with Crippen LogP contribution in [0.2, 0.25) is 0 Å². The number of aryl methyl sites for hydroxylation is 2. The summed E-state index contributed by atoms with van der Waals surface area (Å²) in [6.45, 7) is 2.24. The van der Waals surface area contributed by atoms with Crippen molar-refractivity contribution < 1.29 is 5.11 Å². The lowest BCUT2D eigenvalue weighted by molar-refractivity contribution is 0.163. The fourth-order valence-electron chi connectivity index (χ4n) is 2.91. The molecule has 1 N–H and O–H groups in total. The summed E-state index contributed by atoms with van der Waals surface area (Å²) in [6, 6.07) is 6.58. The summed E-state index contributed by atoms with van der Waals surface area (Å²) in [5.41, 5.74) is 4.09. The molecular weight excluding hydrogens is 220 g/mol. The molecule has 0 radical (unpaired) electrons. The number of benzene rings is 1. The largest absolute Gasteiger partial charge is 0.388 e. The Hall–Kier alpha value is -0.820. The molecule has 0 saturated heterocycles. The third-order valence-electron chi connectivity index (χ3n) is 4.09. The van der Waals surface area contributed by atoms with E-state index >= 15 is 0 Å². The third-order valence-corrected chi connectivity index (χ3v) is 4.09. The number of unbranched alkanes of at least 4 members (excludes halogenated alkanes) is 4. The van der Waals surface area contributed by atoms with Gasteiger partial charge in [-0.05, 0) is 42.4 Å². The second-order valence-corrected chi connectivity index (χ2v) is 5.60. The van der Waals surface area contributed by atoms with Crippen molar-refractivity contribution in [1.29, 1.82) is 0 Å². The number of aliphatic hydroxyl groups excluding tert-OH is 1. The Balaban J connectivity index is 1.80. The van der Waals surface area contributed by atoms with Crippen LogP contribution in [0.3, 0.4) is 0 Å². The van der Waals surface area contributed by atoms with Gasteiger partial charge >= 0.3 is 0 Å². The summed E-state index contributed by atoms with van der Waals surface area (Å²) < 4.78 is 0. The third kappa shape index (κ3) is 3.58. The minimum Gasteiger partial charge on any atom is -0.388 e. The van der Waals surface area contributed by atoms with Crippen molar-refractivity contribution in [3.8, 4) is 0 Å². The van der Waals surface area contributed by atoms with E-state index in [2.05, 4.69) is 25.1 Å². The molecule has 18 heavy (non-hydrogen) atoms. The first-order valence-corrected chi connectivity index (χ1v) is 7.61. The van der Waals surface area contributed by atoms with Crippen molar-refractivity contribution in [2.24, 2.45) is 0 Å². The highest BCUT2D eigenvalue weighted by molar-refractivity contribution is 5.36. The molecule has 1 aromatic rings. The van der Waals surface area contributed by atoms with Crippen LogP contribution in [0.5, 0.6) is 0 Å². The Morgan fingerprint density at radius 2 is 1.83 bits per heavy atom. The molecule has 1 heteroatoms. The second kappa shape index (κ2) is 6.94. The van der Waals surface area contributed by atoms with Gasteiger partial charge in [0.15, 0.2) is 0 Å². The normalized spacial score (nSPS) is 15.7. The number of aliphatic hydroxyl groups is 1. The Kier molecular flexibility index (Phi) is 5.25. The van der Waals surface area contributed by atoms with Crippen molar-refractivity contribution in [3.63, 3.8) is 0 Å². The predicted molar refractivity (Wildman–Crippen MR) is 76.8 cm³/mol. The highest BCUT2D eigenvalue weighted by Gasteiger charge is 2.14. The standard InChI is InChI=1S/C17H26O/c1-2-3-4-5-6-10-17(18)16-12-11-14-8-7-9-15(14)13-16/h11-13,17-18H,2-10H2,1H3. The molecule has 100 valence electrons. The van der Waals surface area contributed by atoms with Crippen LogP contribution in [0.4, 0.5) is 0 Å². The molecule has 0 bridgehead atoms. The lowest BCUT2D eigenvalue weighted by Crippen LogP contribution is -1.99. The molecule has 1 aliphatic carbocycles. The molecule has 0 amide bonds. The van der Waals surface area contributed by atoms with E-state index in [0.717, 1.165) is 18.4 Å². The van der Waals surface area contributed by atoms with Crippen LogP contribution in [-0.2, 0) is 12.8 Å². The first-order chi connectivity index (χ1) is 8.81. The molecule has 0 heterocycles. The van der Waals surface area contributed by atoms with Gasteiger partial charge in [0.1, 0.15) is 0 Å². The van der Waals surface area contributed by atoms with Crippen LogP contribution >= 0.6 is 0 Å². The molecule has 0 aliphatic heterocycles. The first kappa shape index (κ1) is 13.6. The average Bonchev–Trinajstić information content (AvgIpc) is 2.85. The quantitative estimate of drug-likeness (QED) is 0.699.